The number of hydrogen-bond acceptors (Lipinski definition) is 5. The summed E-state index contributed by atoms with van der Waals surface area (Å²) in [5.41, 5.74) is 8.07. The number of nitrogens with zero attached hydrogens (tertiary/aromatic N) is 3. The Hall–Kier alpha value is -2.90. The summed E-state index contributed by atoms with van der Waals surface area (Å²) in [7, 11) is 0. The molecule has 3 heterocycles. The summed E-state index contributed by atoms with van der Waals surface area (Å²) in [6.45, 7) is 1.97. The van der Waals surface area contributed by atoms with Gasteiger partial charge in [-0.15, -0.1) is 0 Å². The van der Waals surface area contributed by atoms with Crippen LogP contribution in [0.1, 0.15) is 22.3 Å². The number of ether oxygens (including phenoxy) is 1. The molecule has 3 N–H and O–H groups in total. The van der Waals surface area contributed by atoms with Gasteiger partial charge in [0.05, 0.1) is 12.7 Å². The number of likely N-dealkylation sites (tertiary alicyclic amines) is 1. The van der Waals surface area contributed by atoms with Gasteiger partial charge in [0, 0.05) is 43.2 Å². The van der Waals surface area contributed by atoms with Crippen molar-refractivity contribution in [2.24, 2.45) is 11.7 Å². The van der Waals surface area contributed by atoms with Crippen molar-refractivity contribution in [2.45, 2.75) is 18.9 Å². The molecule has 0 aliphatic carbocycles. The Balaban J connectivity index is 1.41. The van der Waals surface area contributed by atoms with E-state index >= 15 is 0 Å². The number of amides is 1. The molecule has 0 unspecified atom stereocenters. The van der Waals surface area contributed by atoms with E-state index < -0.39 is 6.10 Å². The van der Waals surface area contributed by atoms with E-state index in [-0.39, 0.29) is 11.8 Å². The van der Waals surface area contributed by atoms with Gasteiger partial charge < -0.3 is 24.9 Å². The highest BCUT2D eigenvalue weighted by Crippen LogP contribution is 2.24. The van der Waals surface area contributed by atoms with Crippen LogP contribution in [0.4, 0.5) is 0 Å². The fourth-order valence-corrected chi connectivity index (χ4v) is 3.78. The predicted molar refractivity (Wildman–Crippen MR) is 110 cm³/mol. The number of aliphatic hydroxyl groups is 1. The molecule has 152 valence electrons. The van der Waals surface area contributed by atoms with Gasteiger partial charge in [-0.05, 0) is 49.2 Å². The minimum Gasteiger partial charge on any atom is -0.494 e. The third-order valence-electron chi connectivity index (χ3n) is 5.34. The maximum atomic E-state index is 12.9. The molecule has 0 bridgehead atoms. The Kier molecular flexibility index (Phi) is 5.78. The number of nitrogens with two attached hydrogens (primary N) is 1. The smallest absolute Gasteiger partial charge is 0.254 e. The van der Waals surface area contributed by atoms with Gasteiger partial charge in [0.25, 0.3) is 5.91 Å². The molecule has 2 atom stereocenters. The lowest BCUT2D eigenvalue weighted by molar-refractivity contribution is 0.0764. The molecule has 4 rings (SSSR count). The normalized spacial score (nSPS) is 19.0. The van der Waals surface area contributed by atoms with Crippen LogP contribution in [-0.4, -0.2) is 57.6 Å². The molecular weight excluding hydrogens is 368 g/mol. The van der Waals surface area contributed by atoms with E-state index in [9.17, 15) is 9.90 Å². The van der Waals surface area contributed by atoms with Gasteiger partial charge in [-0.25, -0.2) is 4.98 Å². The number of rotatable bonds is 7. The monoisotopic (exact) mass is 394 g/mol. The van der Waals surface area contributed by atoms with Gasteiger partial charge in [0.1, 0.15) is 11.4 Å². The van der Waals surface area contributed by atoms with E-state index in [1.54, 1.807) is 23.2 Å². The molecule has 0 saturated carbocycles. The van der Waals surface area contributed by atoms with Crippen molar-refractivity contribution in [2.75, 3.05) is 26.2 Å². The second-order valence-corrected chi connectivity index (χ2v) is 7.49. The third kappa shape index (κ3) is 4.41. The van der Waals surface area contributed by atoms with Crippen molar-refractivity contribution in [1.29, 1.82) is 0 Å². The van der Waals surface area contributed by atoms with Crippen molar-refractivity contribution < 1.29 is 14.6 Å². The zero-order chi connectivity index (χ0) is 20.2. The first-order valence-electron chi connectivity index (χ1n) is 9.96. The van der Waals surface area contributed by atoms with Gasteiger partial charge in [0.2, 0.25) is 0 Å². The highest BCUT2D eigenvalue weighted by molar-refractivity contribution is 5.94. The molecule has 1 aliphatic heterocycles. The Morgan fingerprint density at radius 3 is 3.03 bits per heavy atom. The molecule has 1 aromatic carbocycles. The Morgan fingerprint density at radius 2 is 2.17 bits per heavy atom. The SMILES string of the molecule is NCCCOc1cccc(C(=O)N2C[C@H](Cc3ccc4nccn4c3)[C@H](O)C2)c1. The first-order valence-corrected chi connectivity index (χ1v) is 9.96. The van der Waals surface area contributed by atoms with Crippen LogP contribution in [0.5, 0.6) is 5.75 Å². The quantitative estimate of drug-likeness (QED) is 0.596. The molecule has 7 nitrogen and oxygen atoms in total. The Bertz CT molecular complexity index is 987. The van der Waals surface area contributed by atoms with Crippen LogP contribution in [0.3, 0.4) is 0 Å². The average Bonchev–Trinajstić information content (AvgIpc) is 3.34. The van der Waals surface area contributed by atoms with Crippen LogP contribution < -0.4 is 10.5 Å². The van der Waals surface area contributed by atoms with Gasteiger partial charge in [-0.3, -0.25) is 4.79 Å². The van der Waals surface area contributed by atoms with Crippen LogP contribution in [0.25, 0.3) is 5.65 Å². The molecule has 0 spiro atoms. The minimum atomic E-state index is -0.540. The number of fused-ring (bicyclic) bond motifs is 1. The van der Waals surface area contributed by atoms with Crippen LogP contribution in [0.2, 0.25) is 0 Å². The van der Waals surface area contributed by atoms with Crippen LogP contribution >= 0.6 is 0 Å². The molecule has 1 fully saturated rings. The predicted octanol–water partition coefficient (Wildman–Crippen LogP) is 1.74. The number of β-amino-alcohol motifs (C(OH)–C–C–N with tert-alkyl or cyclic N) is 1. The summed E-state index contributed by atoms with van der Waals surface area (Å²) in [6, 6.07) is 11.2. The molecular formula is C22H26N4O3. The average molecular weight is 394 g/mol. The molecule has 7 heteroatoms. The third-order valence-corrected chi connectivity index (χ3v) is 5.34. The summed E-state index contributed by atoms with van der Waals surface area (Å²) in [5.74, 6) is 0.582. The number of pyridine rings is 1. The van der Waals surface area contributed by atoms with E-state index in [0.29, 0.717) is 44.0 Å². The lowest BCUT2D eigenvalue weighted by atomic mass is 9.98. The van der Waals surface area contributed by atoms with E-state index in [2.05, 4.69) is 4.98 Å². The second-order valence-electron chi connectivity index (χ2n) is 7.49. The first kappa shape index (κ1) is 19.4. The van der Waals surface area contributed by atoms with Gasteiger partial charge in [0.15, 0.2) is 0 Å². The van der Waals surface area contributed by atoms with Crippen LogP contribution in [0.15, 0.2) is 55.0 Å². The van der Waals surface area contributed by atoms with Gasteiger partial charge in [-0.2, -0.15) is 0 Å². The van der Waals surface area contributed by atoms with Crippen molar-refractivity contribution in [1.82, 2.24) is 14.3 Å². The maximum absolute atomic E-state index is 12.9. The summed E-state index contributed by atoms with van der Waals surface area (Å²) in [4.78, 5) is 18.9. The van der Waals surface area contributed by atoms with Crippen LogP contribution in [-0.2, 0) is 6.42 Å². The lowest BCUT2D eigenvalue weighted by Gasteiger charge is -2.17. The largest absolute Gasteiger partial charge is 0.494 e. The Morgan fingerprint density at radius 1 is 1.28 bits per heavy atom. The molecule has 1 aliphatic rings. The summed E-state index contributed by atoms with van der Waals surface area (Å²) in [5, 5.41) is 10.5. The molecule has 0 radical (unpaired) electrons. The number of aliphatic hydroxyl groups excluding tert-OH is 1. The lowest BCUT2D eigenvalue weighted by Crippen LogP contribution is -2.29. The first-order chi connectivity index (χ1) is 14.1. The Labute approximate surface area is 169 Å². The molecule has 2 aromatic heterocycles. The summed E-state index contributed by atoms with van der Waals surface area (Å²) < 4.78 is 7.61. The highest BCUT2D eigenvalue weighted by Gasteiger charge is 2.34. The zero-order valence-electron chi connectivity index (χ0n) is 16.3. The number of imidazole rings is 1. The highest BCUT2D eigenvalue weighted by atomic mass is 16.5. The number of hydrogen-bond donors (Lipinski definition) is 2. The number of carbonyl (C=O) groups is 1. The van der Waals surface area contributed by atoms with Gasteiger partial charge >= 0.3 is 0 Å². The molecule has 1 amide bonds. The van der Waals surface area contributed by atoms with Crippen molar-refractivity contribution in [3.63, 3.8) is 0 Å². The van der Waals surface area contributed by atoms with Gasteiger partial charge in [-0.1, -0.05) is 12.1 Å². The molecule has 29 heavy (non-hydrogen) atoms. The van der Waals surface area contributed by atoms with Crippen molar-refractivity contribution >= 4 is 11.6 Å². The van der Waals surface area contributed by atoms with E-state index in [1.165, 1.54) is 0 Å². The number of carbonyl (C=O) groups excluding carboxylic acids is 1. The standard InChI is InChI=1S/C22H26N4O3/c23-7-2-10-29-19-4-1-3-17(12-19)22(28)26-14-18(20(27)15-26)11-16-5-6-21-24-8-9-25(21)13-16/h1,3-6,8-9,12-13,18,20,27H,2,7,10-11,14-15,23H2/t18-,20+/m0/s1. The fourth-order valence-electron chi connectivity index (χ4n) is 3.78. The number of benzene rings is 1. The minimum absolute atomic E-state index is 0.00362. The van der Waals surface area contributed by atoms with E-state index in [1.807, 2.05) is 41.1 Å². The fraction of sp³-hybridized carbons (Fsp3) is 0.364. The summed E-state index contributed by atoms with van der Waals surface area (Å²) >= 11 is 0. The van der Waals surface area contributed by atoms with Crippen LogP contribution in [0, 0.1) is 5.92 Å². The maximum Gasteiger partial charge on any atom is 0.254 e. The van der Waals surface area contributed by atoms with E-state index in [0.717, 1.165) is 17.6 Å². The molecule has 3 aromatic rings. The van der Waals surface area contributed by atoms with Crippen molar-refractivity contribution in [3.8, 4) is 5.75 Å². The number of aromatic nitrogens is 2. The topological polar surface area (TPSA) is 93.1 Å². The molecule has 1 saturated heterocycles. The second kappa shape index (κ2) is 8.63. The zero-order valence-corrected chi connectivity index (χ0v) is 16.3. The van der Waals surface area contributed by atoms with E-state index in [4.69, 9.17) is 10.5 Å². The van der Waals surface area contributed by atoms with Crippen molar-refractivity contribution in [3.05, 3.63) is 66.1 Å². The summed E-state index contributed by atoms with van der Waals surface area (Å²) in [6.07, 6.45) is 6.63.